The molecule has 0 aliphatic rings. The maximum atomic E-state index is 6.11. The number of nitrogen functional groups attached to an aromatic ring is 1. The number of halogens is 2. The molecule has 0 unspecified atom stereocenters. The Bertz CT molecular complexity index is 637. The van der Waals surface area contributed by atoms with Crippen LogP contribution in [0.1, 0.15) is 17.0 Å². The average molecular weight is 315 g/mol. The summed E-state index contributed by atoms with van der Waals surface area (Å²) in [6.07, 6.45) is 0. The largest absolute Gasteiger partial charge is 0.365 e. The highest BCUT2D eigenvalue weighted by Gasteiger charge is 2.12. The number of aryl methyl sites for hydroxylation is 2. The lowest BCUT2D eigenvalue weighted by atomic mass is 10.2. The molecule has 6 nitrogen and oxygen atoms in total. The van der Waals surface area contributed by atoms with Gasteiger partial charge in [0.15, 0.2) is 5.82 Å². The van der Waals surface area contributed by atoms with Gasteiger partial charge in [-0.25, -0.2) is 10.8 Å². The van der Waals surface area contributed by atoms with E-state index in [1.54, 1.807) is 6.07 Å². The van der Waals surface area contributed by atoms with Crippen LogP contribution < -0.4 is 16.6 Å². The Balaban J connectivity index is 2.23. The fourth-order valence-electron chi connectivity index (χ4n) is 1.94. The molecule has 20 heavy (non-hydrogen) atoms. The summed E-state index contributed by atoms with van der Waals surface area (Å²) < 4.78 is 1.84. The first-order valence-corrected chi connectivity index (χ1v) is 6.75. The van der Waals surface area contributed by atoms with Crippen molar-refractivity contribution in [2.75, 3.05) is 10.7 Å². The van der Waals surface area contributed by atoms with Gasteiger partial charge < -0.3 is 10.7 Å². The van der Waals surface area contributed by atoms with Crippen LogP contribution in [0.25, 0.3) is 0 Å². The van der Waals surface area contributed by atoms with Gasteiger partial charge in [-0.1, -0.05) is 23.2 Å². The van der Waals surface area contributed by atoms with Crippen LogP contribution in [0.5, 0.6) is 0 Å². The molecule has 2 aromatic rings. The Morgan fingerprint density at radius 2 is 1.90 bits per heavy atom. The molecule has 0 spiro atoms. The minimum atomic E-state index is 0.372. The van der Waals surface area contributed by atoms with Crippen LogP contribution in [0.4, 0.5) is 11.6 Å². The van der Waals surface area contributed by atoms with Gasteiger partial charge in [0.25, 0.3) is 0 Å². The van der Waals surface area contributed by atoms with Crippen LogP contribution in [0.3, 0.4) is 0 Å². The van der Waals surface area contributed by atoms with E-state index in [1.165, 1.54) is 0 Å². The number of nitrogens with two attached hydrogens (primary N) is 1. The van der Waals surface area contributed by atoms with Gasteiger partial charge in [0.05, 0.1) is 15.7 Å². The zero-order valence-corrected chi connectivity index (χ0v) is 13.0. The molecular weight excluding hydrogens is 299 g/mol. The fraction of sp³-hybridized carbons (Fsp3) is 0.333. The number of hydrogen-bond acceptors (Lipinski definition) is 5. The maximum Gasteiger partial charge on any atom is 0.161 e. The quantitative estimate of drug-likeness (QED) is 0.597. The third-order valence-electron chi connectivity index (χ3n) is 3.16. The summed E-state index contributed by atoms with van der Waals surface area (Å²) in [5, 5.41) is 8.35. The lowest BCUT2D eigenvalue weighted by molar-refractivity contribution is 0.730. The van der Waals surface area contributed by atoms with E-state index in [4.69, 9.17) is 29.0 Å². The van der Waals surface area contributed by atoms with Gasteiger partial charge in [0.1, 0.15) is 5.82 Å². The summed E-state index contributed by atoms with van der Waals surface area (Å²) in [5.41, 5.74) is 5.61. The molecule has 0 bridgehead atoms. The molecule has 0 radical (unpaired) electrons. The van der Waals surface area contributed by atoms with Crippen molar-refractivity contribution in [2.45, 2.75) is 20.4 Å². The Morgan fingerprint density at radius 3 is 2.45 bits per heavy atom. The number of anilines is 2. The predicted molar refractivity (Wildman–Crippen MR) is 82.1 cm³/mol. The van der Waals surface area contributed by atoms with Crippen LogP contribution in [0.2, 0.25) is 10.0 Å². The first kappa shape index (κ1) is 14.9. The van der Waals surface area contributed by atoms with E-state index < -0.39 is 0 Å². The minimum Gasteiger partial charge on any atom is -0.365 e. The molecule has 0 amide bonds. The van der Waals surface area contributed by atoms with Crippen molar-refractivity contribution in [3.63, 3.8) is 0 Å². The van der Waals surface area contributed by atoms with E-state index in [2.05, 4.69) is 20.8 Å². The summed E-state index contributed by atoms with van der Waals surface area (Å²) in [6, 6.07) is 1.59. The Kier molecular flexibility index (Phi) is 4.37. The fourth-order valence-corrected chi connectivity index (χ4v) is 2.42. The standard InChI is InChI=1S/C12H16Cl2N6/c1-6-8(7(2)20(3)19-6)5-16-11-9(13)4-10(14)12(17-11)18-15/h4H,5,15H2,1-3H3,(H2,16,17,18). The molecule has 0 fully saturated rings. The Labute approximate surface area is 127 Å². The highest BCUT2D eigenvalue weighted by Crippen LogP contribution is 2.29. The van der Waals surface area contributed by atoms with Crippen molar-refractivity contribution in [1.82, 2.24) is 14.8 Å². The van der Waals surface area contributed by atoms with Gasteiger partial charge in [0.2, 0.25) is 0 Å². The van der Waals surface area contributed by atoms with Gasteiger partial charge in [-0.15, -0.1) is 0 Å². The minimum absolute atomic E-state index is 0.372. The van der Waals surface area contributed by atoms with Crippen LogP contribution in [0.15, 0.2) is 6.07 Å². The molecule has 0 saturated carbocycles. The van der Waals surface area contributed by atoms with E-state index in [0.717, 1.165) is 17.0 Å². The monoisotopic (exact) mass is 314 g/mol. The molecule has 8 heteroatoms. The van der Waals surface area contributed by atoms with Crippen LogP contribution in [-0.2, 0) is 13.6 Å². The average Bonchev–Trinajstić information content (AvgIpc) is 2.63. The Hall–Kier alpha value is -1.50. The normalized spacial score (nSPS) is 10.7. The zero-order chi connectivity index (χ0) is 14.9. The molecule has 2 rings (SSSR count). The summed E-state index contributed by atoms with van der Waals surface area (Å²) in [5.74, 6) is 6.24. The van der Waals surface area contributed by atoms with Gasteiger partial charge in [-0.05, 0) is 19.9 Å². The second kappa shape index (κ2) is 5.87. The molecule has 0 atom stereocenters. The molecule has 0 aromatic carbocycles. The van der Waals surface area contributed by atoms with E-state index in [1.807, 2.05) is 25.6 Å². The smallest absolute Gasteiger partial charge is 0.161 e. The van der Waals surface area contributed by atoms with Crippen molar-refractivity contribution < 1.29 is 0 Å². The number of aromatic nitrogens is 3. The van der Waals surface area contributed by atoms with Gasteiger partial charge in [-0.3, -0.25) is 4.68 Å². The van der Waals surface area contributed by atoms with Gasteiger partial charge >= 0.3 is 0 Å². The number of rotatable bonds is 4. The molecule has 4 N–H and O–H groups in total. The molecule has 0 aliphatic heterocycles. The number of hydrogen-bond donors (Lipinski definition) is 3. The first-order valence-electron chi connectivity index (χ1n) is 5.99. The molecule has 0 saturated heterocycles. The molecule has 108 valence electrons. The highest BCUT2D eigenvalue weighted by atomic mass is 35.5. The van der Waals surface area contributed by atoms with Crippen molar-refractivity contribution >= 4 is 34.8 Å². The van der Waals surface area contributed by atoms with E-state index >= 15 is 0 Å². The van der Waals surface area contributed by atoms with E-state index in [-0.39, 0.29) is 0 Å². The Morgan fingerprint density at radius 1 is 1.25 bits per heavy atom. The third-order valence-corrected chi connectivity index (χ3v) is 3.73. The second-order valence-corrected chi connectivity index (χ2v) is 5.23. The number of nitrogens with one attached hydrogen (secondary N) is 2. The summed E-state index contributed by atoms with van der Waals surface area (Å²) in [7, 11) is 1.91. The number of nitrogens with zero attached hydrogens (tertiary/aromatic N) is 3. The maximum absolute atomic E-state index is 6.11. The topological polar surface area (TPSA) is 80.8 Å². The summed E-state index contributed by atoms with van der Waals surface area (Å²) >= 11 is 12.1. The first-order chi connectivity index (χ1) is 9.43. The SMILES string of the molecule is Cc1nn(C)c(C)c1CNc1nc(NN)c(Cl)cc1Cl. The number of pyridine rings is 1. The lowest BCUT2D eigenvalue weighted by Gasteiger charge is -2.11. The highest BCUT2D eigenvalue weighted by molar-refractivity contribution is 6.37. The third kappa shape index (κ3) is 2.82. The summed E-state index contributed by atoms with van der Waals surface area (Å²) in [4.78, 5) is 4.23. The molecule has 2 aromatic heterocycles. The predicted octanol–water partition coefficient (Wildman–Crippen LogP) is 2.64. The van der Waals surface area contributed by atoms with Crippen molar-refractivity contribution in [2.24, 2.45) is 12.9 Å². The van der Waals surface area contributed by atoms with Crippen LogP contribution in [-0.4, -0.2) is 14.8 Å². The molecular formula is C12H16Cl2N6. The van der Waals surface area contributed by atoms with Crippen molar-refractivity contribution in [3.8, 4) is 0 Å². The second-order valence-electron chi connectivity index (χ2n) is 4.42. The molecule has 0 aliphatic carbocycles. The van der Waals surface area contributed by atoms with Crippen molar-refractivity contribution in [3.05, 3.63) is 33.1 Å². The zero-order valence-electron chi connectivity index (χ0n) is 11.5. The number of hydrazine groups is 1. The van der Waals surface area contributed by atoms with E-state index in [0.29, 0.717) is 28.2 Å². The van der Waals surface area contributed by atoms with Crippen LogP contribution >= 0.6 is 23.2 Å². The summed E-state index contributed by atoms with van der Waals surface area (Å²) in [6.45, 7) is 4.55. The molecule has 2 heterocycles. The van der Waals surface area contributed by atoms with Gasteiger partial charge in [0, 0.05) is 24.8 Å². The van der Waals surface area contributed by atoms with Crippen molar-refractivity contribution in [1.29, 1.82) is 0 Å². The van der Waals surface area contributed by atoms with E-state index in [9.17, 15) is 0 Å². The van der Waals surface area contributed by atoms with Gasteiger partial charge in [-0.2, -0.15) is 5.10 Å². The van der Waals surface area contributed by atoms with Crippen LogP contribution in [0, 0.1) is 13.8 Å². The lowest BCUT2D eigenvalue weighted by Crippen LogP contribution is -2.11.